The topological polar surface area (TPSA) is 114 Å². The zero-order valence-electron chi connectivity index (χ0n) is 18.0. The van der Waals surface area contributed by atoms with Gasteiger partial charge in [0, 0.05) is 24.5 Å². The SMILES string of the molecule is O=C(NC1CC(C(=O)NC2CCOC2C(=O)O)C1)OCC1c2ccccc2-c2ccccc21. The summed E-state index contributed by atoms with van der Waals surface area (Å²) in [5.41, 5.74) is 4.66. The van der Waals surface area contributed by atoms with Gasteiger partial charge in [-0.05, 0) is 41.5 Å². The Hall–Kier alpha value is -3.39. The fourth-order valence-electron chi connectivity index (χ4n) is 5.04. The van der Waals surface area contributed by atoms with Gasteiger partial charge in [-0.15, -0.1) is 0 Å². The van der Waals surface area contributed by atoms with Gasteiger partial charge in [0.1, 0.15) is 6.61 Å². The second-order valence-electron chi connectivity index (χ2n) is 8.87. The van der Waals surface area contributed by atoms with E-state index in [4.69, 9.17) is 14.6 Å². The van der Waals surface area contributed by atoms with Gasteiger partial charge in [0.15, 0.2) is 6.10 Å². The molecule has 2 aromatic rings. The smallest absolute Gasteiger partial charge is 0.407 e. The van der Waals surface area contributed by atoms with Crippen molar-refractivity contribution in [3.63, 3.8) is 0 Å². The predicted molar refractivity (Wildman–Crippen MR) is 119 cm³/mol. The van der Waals surface area contributed by atoms with Gasteiger partial charge in [-0.25, -0.2) is 9.59 Å². The fraction of sp³-hybridized carbons (Fsp3) is 0.400. The van der Waals surface area contributed by atoms with E-state index in [0.29, 0.717) is 25.9 Å². The molecule has 2 amide bonds. The number of benzene rings is 2. The predicted octanol–water partition coefficient (Wildman–Crippen LogP) is 2.66. The van der Waals surface area contributed by atoms with Crippen molar-refractivity contribution in [1.29, 1.82) is 0 Å². The van der Waals surface area contributed by atoms with E-state index in [1.807, 2.05) is 24.3 Å². The van der Waals surface area contributed by atoms with Crippen molar-refractivity contribution in [2.45, 2.75) is 43.4 Å². The van der Waals surface area contributed by atoms with Gasteiger partial charge in [0.2, 0.25) is 5.91 Å². The molecule has 0 spiro atoms. The van der Waals surface area contributed by atoms with E-state index in [2.05, 4.69) is 34.9 Å². The van der Waals surface area contributed by atoms with E-state index in [0.717, 1.165) is 11.1 Å². The molecule has 2 aliphatic carbocycles. The van der Waals surface area contributed by atoms with Crippen LogP contribution in [0.25, 0.3) is 11.1 Å². The number of ether oxygens (including phenoxy) is 2. The Labute approximate surface area is 191 Å². The Morgan fingerprint density at radius 2 is 1.61 bits per heavy atom. The third-order valence-corrected chi connectivity index (χ3v) is 6.84. The summed E-state index contributed by atoms with van der Waals surface area (Å²) in [5, 5.41) is 14.8. The summed E-state index contributed by atoms with van der Waals surface area (Å²) in [4.78, 5) is 36.0. The fourth-order valence-corrected chi connectivity index (χ4v) is 5.04. The van der Waals surface area contributed by atoms with Gasteiger partial charge in [0.25, 0.3) is 0 Å². The molecule has 33 heavy (non-hydrogen) atoms. The first-order valence-electron chi connectivity index (χ1n) is 11.3. The van der Waals surface area contributed by atoms with Gasteiger partial charge in [-0.1, -0.05) is 48.5 Å². The highest BCUT2D eigenvalue weighted by Gasteiger charge is 2.40. The molecule has 5 rings (SSSR count). The van der Waals surface area contributed by atoms with E-state index >= 15 is 0 Å². The second-order valence-corrected chi connectivity index (χ2v) is 8.87. The molecule has 1 aliphatic heterocycles. The Kier molecular flexibility index (Phi) is 5.76. The van der Waals surface area contributed by atoms with E-state index in [1.165, 1.54) is 11.1 Å². The van der Waals surface area contributed by atoms with Crippen LogP contribution in [0.4, 0.5) is 4.79 Å². The van der Waals surface area contributed by atoms with Gasteiger partial charge >= 0.3 is 12.1 Å². The van der Waals surface area contributed by atoms with Crippen molar-refractivity contribution >= 4 is 18.0 Å². The molecular weight excluding hydrogens is 424 g/mol. The molecule has 2 unspecified atom stereocenters. The summed E-state index contributed by atoms with van der Waals surface area (Å²) in [7, 11) is 0. The molecule has 0 aromatic heterocycles. The first kappa shape index (κ1) is 21.5. The maximum absolute atomic E-state index is 12.4. The van der Waals surface area contributed by atoms with E-state index in [1.54, 1.807) is 0 Å². The third-order valence-electron chi connectivity index (χ3n) is 6.84. The molecule has 2 atom stereocenters. The van der Waals surface area contributed by atoms with Crippen molar-refractivity contribution in [2.75, 3.05) is 13.2 Å². The number of fused-ring (bicyclic) bond motifs is 3. The lowest BCUT2D eigenvalue weighted by atomic mass is 9.79. The van der Waals surface area contributed by atoms with Crippen molar-refractivity contribution in [3.8, 4) is 11.1 Å². The summed E-state index contributed by atoms with van der Waals surface area (Å²) >= 11 is 0. The molecule has 3 aliphatic rings. The number of nitrogens with one attached hydrogen (secondary N) is 2. The average molecular weight is 450 g/mol. The first-order valence-corrected chi connectivity index (χ1v) is 11.3. The third kappa shape index (κ3) is 4.18. The molecule has 8 heteroatoms. The van der Waals surface area contributed by atoms with E-state index in [9.17, 15) is 14.4 Å². The minimum atomic E-state index is -1.07. The summed E-state index contributed by atoms with van der Waals surface area (Å²) in [6, 6.07) is 15.7. The highest BCUT2D eigenvalue weighted by molar-refractivity contribution is 5.82. The number of carboxylic acid groups (broad SMARTS) is 1. The van der Waals surface area contributed by atoms with Crippen molar-refractivity contribution in [3.05, 3.63) is 59.7 Å². The van der Waals surface area contributed by atoms with E-state index < -0.39 is 24.2 Å². The first-order chi connectivity index (χ1) is 16.0. The van der Waals surface area contributed by atoms with Crippen LogP contribution in [0.1, 0.15) is 36.3 Å². The van der Waals surface area contributed by atoms with Crippen molar-refractivity contribution in [1.82, 2.24) is 10.6 Å². The summed E-state index contributed by atoms with van der Waals surface area (Å²) in [6.07, 6.45) is -0.000797. The zero-order valence-corrected chi connectivity index (χ0v) is 18.0. The van der Waals surface area contributed by atoms with Crippen molar-refractivity contribution < 1.29 is 29.0 Å². The lowest BCUT2D eigenvalue weighted by molar-refractivity contribution is -0.148. The van der Waals surface area contributed by atoms with Gasteiger partial charge in [0.05, 0.1) is 6.04 Å². The molecule has 2 fully saturated rings. The van der Waals surface area contributed by atoms with Crippen LogP contribution in [-0.2, 0) is 19.1 Å². The van der Waals surface area contributed by atoms with Crippen LogP contribution in [0.3, 0.4) is 0 Å². The summed E-state index contributed by atoms with van der Waals surface area (Å²) in [6.45, 7) is 0.563. The highest BCUT2D eigenvalue weighted by atomic mass is 16.5. The molecule has 8 nitrogen and oxygen atoms in total. The molecule has 1 saturated carbocycles. The Morgan fingerprint density at radius 1 is 0.970 bits per heavy atom. The number of alkyl carbamates (subject to hydrolysis) is 1. The van der Waals surface area contributed by atoms with Crippen LogP contribution in [-0.4, -0.2) is 54.5 Å². The maximum Gasteiger partial charge on any atom is 0.407 e. The Bertz CT molecular complexity index is 1030. The standard InChI is InChI=1S/C25H26N2O6/c28-23(27-21-9-10-32-22(21)24(29)30)14-11-15(12-14)26-25(31)33-13-20-18-7-3-1-5-16(18)17-6-2-4-8-19(17)20/h1-8,14-15,20-22H,9-13H2,(H,26,31)(H,27,28)(H,29,30). The van der Waals surface area contributed by atoms with Crippen LogP contribution >= 0.6 is 0 Å². The second kappa shape index (κ2) is 8.86. The van der Waals surface area contributed by atoms with Crippen LogP contribution in [0.2, 0.25) is 0 Å². The number of aliphatic carboxylic acids is 1. The number of amides is 2. The molecule has 3 N–H and O–H groups in total. The zero-order chi connectivity index (χ0) is 22.9. The molecule has 0 bridgehead atoms. The lowest BCUT2D eigenvalue weighted by Crippen LogP contribution is -2.53. The quantitative estimate of drug-likeness (QED) is 0.624. The van der Waals surface area contributed by atoms with Crippen molar-refractivity contribution in [2.24, 2.45) is 5.92 Å². The number of hydrogen-bond donors (Lipinski definition) is 3. The van der Waals surface area contributed by atoms with E-state index in [-0.39, 0.29) is 30.4 Å². The Morgan fingerprint density at radius 3 is 2.24 bits per heavy atom. The summed E-state index contributed by atoms with van der Waals surface area (Å²) < 4.78 is 10.7. The monoisotopic (exact) mass is 450 g/mol. The summed E-state index contributed by atoms with van der Waals surface area (Å²) in [5.74, 6) is -1.51. The van der Waals surface area contributed by atoms with Crippen LogP contribution < -0.4 is 10.6 Å². The van der Waals surface area contributed by atoms with Gasteiger partial charge in [-0.2, -0.15) is 0 Å². The van der Waals surface area contributed by atoms with Crippen LogP contribution in [0, 0.1) is 5.92 Å². The molecule has 2 aromatic carbocycles. The average Bonchev–Trinajstić information content (AvgIpc) is 3.37. The number of rotatable bonds is 6. The highest BCUT2D eigenvalue weighted by Crippen LogP contribution is 2.44. The minimum absolute atomic E-state index is 0.00104. The Balaban J connectivity index is 1.10. The minimum Gasteiger partial charge on any atom is -0.479 e. The molecule has 0 radical (unpaired) electrons. The normalized spacial score (nSPS) is 25.5. The number of carboxylic acids is 1. The largest absolute Gasteiger partial charge is 0.479 e. The van der Waals surface area contributed by atoms with Gasteiger partial charge in [-0.3, -0.25) is 4.79 Å². The number of carbonyl (C=O) groups is 3. The maximum atomic E-state index is 12.4. The lowest BCUT2D eigenvalue weighted by Gasteiger charge is -2.35. The molecular formula is C25H26N2O6. The number of carbonyl (C=O) groups excluding carboxylic acids is 2. The molecule has 1 heterocycles. The van der Waals surface area contributed by atoms with Crippen LogP contribution in [0.5, 0.6) is 0 Å². The molecule has 172 valence electrons. The number of hydrogen-bond acceptors (Lipinski definition) is 5. The van der Waals surface area contributed by atoms with Gasteiger partial charge < -0.3 is 25.2 Å². The molecule has 1 saturated heterocycles. The van der Waals surface area contributed by atoms with Crippen LogP contribution in [0.15, 0.2) is 48.5 Å².